The summed E-state index contributed by atoms with van der Waals surface area (Å²) in [5.74, 6) is 0. The molecular weight excluding hydrogens is 318 g/mol. The second-order valence-corrected chi connectivity index (χ2v) is 7.10. The van der Waals surface area contributed by atoms with Gasteiger partial charge in [0.25, 0.3) is 0 Å². The maximum absolute atomic E-state index is 9.46. The number of thiazole rings is 1. The Balaban J connectivity index is 1.64. The summed E-state index contributed by atoms with van der Waals surface area (Å²) in [6, 6.07) is 7.87. The average molecular weight is 338 g/mol. The molecule has 2 heterocycles. The van der Waals surface area contributed by atoms with Crippen LogP contribution in [0.3, 0.4) is 0 Å². The Bertz CT molecular complexity index is 606. The van der Waals surface area contributed by atoms with Crippen LogP contribution in [0.1, 0.15) is 6.92 Å². The molecule has 6 heteroatoms. The summed E-state index contributed by atoms with van der Waals surface area (Å²) in [5.41, 5.74) is 1.15. The number of β-amino-alcohol motifs (C(OH)–C–C–N with tert-alkyl or cyclic N) is 1. The number of piperazine rings is 1. The highest BCUT2D eigenvalue weighted by Gasteiger charge is 2.20. The number of hydrogen-bond acceptors (Lipinski definition) is 5. The fourth-order valence-corrected chi connectivity index (χ4v) is 3.75. The van der Waals surface area contributed by atoms with Gasteiger partial charge in [0, 0.05) is 43.9 Å². The molecule has 0 spiro atoms. The maximum atomic E-state index is 9.46. The van der Waals surface area contributed by atoms with Gasteiger partial charge in [0.2, 0.25) is 0 Å². The number of aromatic nitrogens is 1. The van der Waals surface area contributed by atoms with Gasteiger partial charge in [0.15, 0.2) is 5.13 Å². The van der Waals surface area contributed by atoms with Crippen LogP contribution in [-0.4, -0.2) is 53.8 Å². The van der Waals surface area contributed by atoms with Crippen molar-refractivity contribution in [1.29, 1.82) is 0 Å². The van der Waals surface area contributed by atoms with E-state index in [1.54, 1.807) is 11.3 Å². The molecule has 0 bridgehead atoms. The van der Waals surface area contributed by atoms with Crippen molar-refractivity contribution in [2.24, 2.45) is 0 Å². The van der Waals surface area contributed by atoms with Gasteiger partial charge in [-0.2, -0.15) is 0 Å². The van der Waals surface area contributed by atoms with Gasteiger partial charge in [-0.3, -0.25) is 4.90 Å². The predicted molar refractivity (Wildman–Crippen MR) is 92.9 cm³/mol. The normalized spacial score (nSPS) is 17.7. The zero-order valence-corrected chi connectivity index (χ0v) is 14.1. The lowest BCUT2D eigenvalue weighted by Gasteiger charge is -2.35. The summed E-state index contributed by atoms with van der Waals surface area (Å²) in [7, 11) is 0. The Morgan fingerprint density at radius 2 is 1.91 bits per heavy atom. The van der Waals surface area contributed by atoms with Crippen molar-refractivity contribution in [2.45, 2.75) is 13.0 Å². The molecule has 0 saturated carbocycles. The summed E-state index contributed by atoms with van der Waals surface area (Å²) in [6.45, 7) is 6.45. The standard InChI is InChI=1S/C16H20ClN3OS/c1-12(21)11-19-6-8-20(9-7-19)16-18-10-15(22-16)13-2-4-14(17)5-3-13/h2-5,10,12,21H,6-9,11H2,1H3/t12-/m0/s1. The van der Waals surface area contributed by atoms with Crippen LogP contribution >= 0.6 is 22.9 Å². The maximum Gasteiger partial charge on any atom is 0.185 e. The monoisotopic (exact) mass is 337 g/mol. The number of aliphatic hydroxyl groups excluding tert-OH is 1. The number of aliphatic hydroxyl groups is 1. The molecule has 3 rings (SSSR count). The predicted octanol–water partition coefficient (Wildman–Crippen LogP) is 2.97. The van der Waals surface area contributed by atoms with E-state index in [0.29, 0.717) is 0 Å². The first-order chi connectivity index (χ1) is 10.6. The molecule has 1 atom stereocenters. The van der Waals surface area contributed by atoms with Crippen molar-refractivity contribution in [3.05, 3.63) is 35.5 Å². The van der Waals surface area contributed by atoms with Crippen molar-refractivity contribution in [2.75, 3.05) is 37.6 Å². The summed E-state index contributed by atoms with van der Waals surface area (Å²) in [6.07, 6.45) is 1.67. The van der Waals surface area contributed by atoms with Gasteiger partial charge in [-0.1, -0.05) is 35.1 Å². The number of benzene rings is 1. The molecule has 2 aromatic rings. The SMILES string of the molecule is C[C@H](O)CN1CCN(c2ncc(-c3ccc(Cl)cc3)s2)CC1. The molecule has 1 saturated heterocycles. The molecule has 0 radical (unpaired) electrons. The third kappa shape index (κ3) is 3.79. The van der Waals surface area contributed by atoms with Crippen molar-refractivity contribution < 1.29 is 5.11 Å². The Kier molecular flexibility index (Phi) is 4.98. The van der Waals surface area contributed by atoms with Crippen LogP contribution in [0.2, 0.25) is 5.02 Å². The van der Waals surface area contributed by atoms with Crippen LogP contribution < -0.4 is 4.90 Å². The molecule has 1 fully saturated rings. The molecule has 1 N–H and O–H groups in total. The average Bonchev–Trinajstić information content (AvgIpc) is 2.98. The number of nitrogens with zero attached hydrogens (tertiary/aromatic N) is 3. The number of anilines is 1. The van der Waals surface area contributed by atoms with Crippen molar-refractivity contribution >= 4 is 28.1 Å². The lowest BCUT2D eigenvalue weighted by molar-refractivity contribution is 0.122. The molecule has 0 amide bonds. The zero-order chi connectivity index (χ0) is 15.5. The molecule has 1 aliphatic rings. The minimum atomic E-state index is -0.261. The van der Waals surface area contributed by atoms with E-state index in [1.165, 1.54) is 0 Å². The van der Waals surface area contributed by atoms with Crippen LogP contribution in [-0.2, 0) is 0 Å². The molecule has 1 aromatic carbocycles. The van der Waals surface area contributed by atoms with Crippen molar-refractivity contribution in [3.8, 4) is 10.4 Å². The Labute approximate surface area is 140 Å². The number of rotatable bonds is 4. The van der Waals surface area contributed by atoms with Gasteiger partial charge < -0.3 is 10.0 Å². The molecule has 1 aromatic heterocycles. The van der Waals surface area contributed by atoms with E-state index in [4.69, 9.17) is 11.6 Å². The van der Waals surface area contributed by atoms with Crippen LogP contribution in [0.25, 0.3) is 10.4 Å². The fraction of sp³-hybridized carbons (Fsp3) is 0.438. The quantitative estimate of drug-likeness (QED) is 0.931. The number of halogens is 1. The van der Waals surface area contributed by atoms with E-state index >= 15 is 0 Å². The Morgan fingerprint density at radius 1 is 1.23 bits per heavy atom. The summed E-state index contributed by atoms with van der Waals surface area (Å²) in [5, 5.41) is 11.3. The summed E-state index contributed by atoms with van der Waals surface area (Å²) in [4.78, 5) is 10.4. The first-order valence-corrected chi connectivity index (χ1v) is 8.68. The smallest absolute Gasteiger partial charge is 0.185 e. The number of hydrogen-bond donors (Lipinski definition) is 1. The third-order valence-corrected chi connectivity index (χ3v) is 5.15. The third-order valence-electron chi connectivity index (χ3n) is 3.79. The molecule has 1 aliphatic heterocycles. The molecule has 4 nitrogen and oxygen atoms in total. The summed E-state index contributed by atoms with van der Waals surface area (Å²) >= 11 is 7.65. The van der Waals surface area contributed by atoms with E-state index in [9.17, 15) is 5.11 Å². The van der Waals surface area contributed by atoms with E-state index in [-0.39, 0.29) is 6.10 Å². The topological polar surface area (TPSA) is 39.6 Å². The molecule has 22 heavy (non-hydrogen) atoms. The molecule has 118 valence electrons. The van der Waals surface area contributed by atoms with Crippen LogP contribution in [0.5, 0.6) is 0 Å². The van der Waals surface area contributed by atoms with Gasteiger partial charge in [-0.15, -0.1) is 0 Å². The van der Waals surface area contributed by atoms with Crippen LogP contribution in [0, 0.1) is 0 Å². The van der Waals surface area contributed by atoms with Gasteiger partial charge in [-0.25, -0.2) is 4.98 Å². The zero-order valence-electron chi connectivity index (χ0n) is 12.6. The first kappa shape index (κ1) is 15.7. The molecule has 0 unspecified atom stereocenters. The van der Waals surface area contributed by atoms with Crippen molar-refractivity contribution in [3.63, 3.8) is 0 Å². The fourth-order valence-electron chi connectivity index (χ4n) is 2.65. The largest absolute Gasteiger partial charge is 0.392 e. The second-order valence-electron chi connectivity index (χ2n) is 5.65. The van der Waals surface area contributed by atoms with Gasteiger partial charge >= 0.3 is 0 Å². The molecule has 0 aliphatic carbocycles. The minimum absolute atomic E-state index is 0.261. The van der Waals surface area contributed by atoms with Gasteiger partial charge in [-0.05, 0) is 24.6 Å². The molecular formula is C16H20ClN3OS. The van der Waals surface area contributed by atoms with Crippen LogP contribution in [0.4, 0.5) is 5.13 Å². The lowest BCUT2D eigenvalue weighted by Crippen LogP contribution is -2.48. The lowest BCUT2D eigenvalue weighted by atomic mass is 10.2. The van der Waals surface area contributed by atoms with E-state index in [2.05, 4.69) is 14.8 Å². The van der Waals surface area contributed by atoms with E-state index < -0.39 is 0 Å². The van der Waals surface area contributed by atoms with Gasteiger partial charge in [0.1, 0.15) is 0 Å². The Morgan fingerprint density at radius 3 is 2.55 bits per heavy atom. The van der Waals surface area contributed by atoms with Crippen LogP contribution in [0.15, 0.2) is 30.5 Å². The van der Waals surface area contributed by atoms with Crippen molar-refractivity contribution in [1.82, 2.24) is 9.88 Å². The van der Waals surface area contributed by atoms with E-state index in [0.717, 1.165) is 53.3 Å². The first-order valence-electron chi connectivity index (χ1n) is 7.49. The van der Waals surface area contributed by atoms with Gasteiger partial charge in [0.05, 0.1) is 11.0 Å². The highest BCUT2D eigenvalue weighted by Crippen LogP contribution is 2.32. The Hall–Kier alpha value is -1.14. The highest BCUT2D eigenvalue weighted by molar-refractivity contribution is 7.18. The van der Waals surface area contributed by atoms with E-state index in [1.807, 2.05) is 37.4 Å². The minimum Gasteiger partial charge on any atom is -0.392 e. The second kappa shape index (κ2) is 6.96. The summed E-state index contributed by atoms with van der Waals surface area (Å²) < 4.78 is 0. The highest BCUT2D eigenvalue weighted by atomic mass is 35.5.